The first kappa shape index (κ1) is 17.9. The summed E-state index contributed by atoms with van der Waals surface area (Å²) in [5.74, 6) is 0.687. The first-order valence-corrected chi connectivity index (χ1v) is 8.83. The molecule has 0 spiro atoms. The molecular formula is C18H24N6O2. The van der Waals surface area contributed by atoms with Gasteiger partial charge in [-0.15, -0.1) is 0 Å². The van der Waals surface area contributed by atoms with Crippen LogP contribution in [-0.4, -0.2) is 57.3 Å². The van der Waals surface area contributed by atoms with Crippen molar-refractivity contribution in [3.8, 4) is 0 Å². The second-order valence-electron chi connectivity index (χ2n) is 6.52. The third kappa shape index (κ3) is 3.54. The van der Waals surface area contributed by atoms with Crippen LogP contribution in [0.1, 0.15) is 30.6 Å². The lowest BCUT2D eigenvalue weighted by Crippen LogP contribution is -2.47. The average molecular weight is 356 g/mol. The van der Waals surface area contributed by atoms with Crippen molar-refractivity contribution in [1.82, 2.24) is 25.2 Å². The summed E-state index contributed by atoms with van der Waals surface area (Å²) in [5.41, 5.74) is 1.61. The minimum atomic E-state index is -0.171. The molecule has 1 saturated heterocycles. The average Bonchev–Trinajstić information content (AvgIpc) is 3.06. The predicted molar refractivity (Wildman–Crippen MR) is 99.9 cm³/mol. The standard InChI is InChI=1S/C18H24N6O2/c1-4-15(25)24-7-6-13(11(3)10-24)22-14-9-21-17-16(23-14)12(8-20-17)18(26)19-5-2/h4,8-9,11,13H,1,5-7,10H2,2-3H3,(H,19,26)(H,20,21)(H,22,23)/t11-,13+/m1/s1. The Labute approximate surface area is 152 Å². The fourth-order valence-electron chi connectivity index (χ4n) is 3.27. The smallest absolute Gasteiger partial charge is 0.255 e. The van der Waals surface area contributed by atoms with Gasteiger partial charge in [-0.2, -0.15) is 0 Å². The summed E-state index contributed by atoms with van der Waals surface area (Å²) < 4.78 is 0. The van der Waals surface area contributed by atoms with Gasteiger partial charge in [0.05, 0.1) is 11.8 Å². The van der Waals surface area contributed by atoms with Gasteiger partial charge in [0.2, 0.25) is 5.91 Å². The molecule has 0 unspecified atom stereocenters. The van der Waals surface area contributed by atoms with Crippen molar-refractivity contribution in [2.45, 2.75) is 26.3 Å². The molecule has 0 radical (unpaired) electrons. The number of nitrogens with zero attached hydrogens (tertiary/aromatic N) is 3. The lowest BCUT2D eigenvalue weighted by Gasteiger charge is -2.37. The molecule has 26 heavy (non-hydrogen) atoms. The molecule has 0 aromatic carbocycles. The van der Waals surface area contributed by atoms with Gasteiger partial charge in [-0.1, -0.05) is 13.5 Å². The van der Waals surface area contributed by atoms with Crippen molar-refractivity contribution < 1.29 is 9.59 Å². The third-order valence-corrected chi connectivity index (χ3v) is 4.69. The first-order chi connectivity index (χ1) is 12.5. The molecule has 2 aromatic rings. The molecule has 8 heteroatoms. The van der Waals surface area contributed by atoms with Crippen LogP contribution < -0.4 is 10.6 Å². The maximum Gasteiger partial charge on any atom is 0.255 e. The molecular weight excluding hydrogens is 332 g/mol. The summed E-state index contributed by atoms with van der Waals surface area (Å²) in [4.78, 5) is 37.6. The molecule has 1 aliphatic heterocycles. The molecule has 2 amide bonds. The lowest BCUT2D eigenvalue weighted by atomic mass is 9.94. The van der Waals surface area contributed by atoms with Gasteiger partial charge < -0.3 is 20.5 Å². The Kier molecular flexibility index (Phi) is 5.20. The van der Waals surface area contributed by atoms with E-state index in [2.05, 4.69) is 39.1 Å². The van der Waals surface area contributed by atoms with E-state index in [1.807, 2.05) is 11.8 Å². The van der Waals surface area contributed by atoms with Crippen LogP contribution in [0.3, 0.4) is 0 Å². The molecule has 3 N–H and O–H groups in total. The zero-order valence-electron chi connectivity index (χ0n) is 15.1. The van der Waals surface area contributed by atoms with Gasteiger partial charge in [-0.25, -0.2) is 9.97 Å². The van der Waals surface area contributed by atoms with Gasteiger partial charge >= 0.3 is 0 Å². The molecule has 0 bridgehead atoms. The second-order valence-corrected chi connectivity index (χ2v) is 6.52. The van der Waals surface area contributed by atoms with Crippen LogP contribution in [0.4, 0.5) is 5.82 Å². The van der Waals surface area contributed by atoms with E-state index in [1.54, 1.807) is 12.4 Å². The highest BCUT2D eigenvalue weighted by Gasteiger charge is 2.28. The van der Waals surface area contributed by atoms with Crippen LogP contribution in [0.15, 0.2) is 25.0 Å². The molecule has 3 heterocycles. The van der Waals surface area contributed by atoms with Crippen LogP contribution in [0.25, 0.3) is 11.2 Å². The highest BCUT2D eigenvalue weighted by Crippen LogP contribution is 2.22. The molecule has 8 nitrogen and oxygen atoms in total. The zero-order valence-corrected chi connectivity index (χ0v) is 15.1. The summed E-state index contributed by atoms with van der Waals surface area (Å²) in [6.45, 7) is 9.42. The lowest BCUT2D eigenvalue weighted by molar-refractivity contribution is -0.127. The third-order valence-electron chi connectivity index (χ3n) is 4.69. The van der Waals surface area contributed by atoms with Crippen molar-refractivity contribution >= 4 is 28.8 Å². The summed E-state index contributed by atoms with van der Waals surface area (Å²) >= 11 is 0. The zero-order chi connectivity index (χ0) is 18.7. The number of H-pyrrole nitrogens is 1. The Hall–Kier alpha value is -2.90. The summed E-state index contributed by atoms with van der Waals surface area (Å²) in [7, 11) is 0. The topological polar surface area (TPSA) is 103 Å². The number of aromatic amines is 1. The Morgan fingerprint density at radius 2 is 2.31 bits per heavy atom. The van der Waals surface area contributed by atoms with Crippen molar-refractivity contribution in [2.75, 3.05) is 25.0 Å². The number of aromatic nitrogens is 3. The number of anilines is 1. The summed E-state index contributed by atoms with van der Waals surface area (Å²) in [5, 5.41) is 6.18. The van der Waals surface area contributed by atoms with Gasteiger partial charge in [0.1, 0.15) is 11.3 Å². The molecule has 0 aliphatic carbocycles. The monoisotopic (exact) mass is 356 g/mol. The van der Waals surface area contributed by atoms with E-state index in [0.717, 1.165) is 6.42 Å². The first-order valence-electron chi connectivity index (χ1n) is 8.83. The van der Waals surface area contributed by atoms with Crippen LogP contribution in [0, 0.1) is 5.92 Å². The molecule has 138 valence electrons. The molecule has 2 aromatic heterocycles. The van der Waals surface area contributed by atoms with E-state index in [4.69, 9.17) is 0 Å². The SMILES string of the molecule is C=CC(=O)N1CC[C@H](Nc2cnc3[nH]cc(C(=O)NCC)c3n2)[C@H](C)C1. The van der Waals surface area contributed by atoms with Gasteiger partial charge in [-0.3, -0.25) is 9.59 Å². The van der Waals surface area contributed by atoms with Crippen LogP contribution in [0.2, 0.25) is 0 Å². The minimum absolute atomic E-state index is 0.0320. The minimum Gasteiger partial charge on any atom is -0.366 e. The molecule has 3 rings (SSSR count). The fourth-order valence-corrected chi connectivity index (χ4v) is 3.27. The van der Waals surface area contributed by atoms with E-state index >= 15 is 0 Å². The molecule has 0 saturated carbocycles. The summed E-state index contributed by atoms with van der Waals surface area (Å²) in [6, 6.07) is 0.183. The molecule has 1 fully saturated rings. The van der Waals surface area contributed by atoms with Gasteiger partial charge in [0.15, 0.2) is 5.65 Å². The fraction of sp³-hybridized carbons (Fsp3) is 0.444. The van der Waals surface area contributed by atoms with Crippen molar-refractivity contribution in [3.05, 3.63) is 30.6 Å². The van der Waals surface area contributed by atoms with Crippen molar-refractivity contribution in [1.29, 1.82) is 0 Å². The van der Waals surface area contributed by atoms with E-state index in [0.29, 0.717) is 42.2 Å². The maximum absolute atomic E-state index is 12.1. The Morgan fingerprint density at radius 1 is 1.50 bits per heavy atom. The van der Waals surface area contributed by atoms with Crippen molar-refractivity contribution in [2.24, 2.45) is 5.92 Å². The number of fused-ring (bicyclic) bond motifs is 1. The van der Waals surface area contributed by atoms with E-state index in [9.17, 15) is 9.59 Å². The van der Waals surface area contributed by atoms with Gasteiger partial charge in [0.25, 0.3) is 5.91 Å². The van der Waals surface area contributed by atoms with E-state index in [-0.39, 0.29) is 23.8 Å². The van der Waals surface area contributed by atoms with Crippen LogP contribution in [0.5, 0.6) is 0 Å². The normalized spacial score (nSPS) is 20.0. The van der Waals surface area contributed by atoms with Gasteiger partial charge in [-0.05, 0) is 25.3 Å². The largest absolute Gasteiger partial charge is 0.366 e. The quantitative estimate of drug-likeness (QED) is 0.705. The highest BCUT2D eigenvalue weighted by molar-refractivity contribution is 6.04. The molecule has 2 atom stereocenters. The number of carbonyl (C=O) groups is 2. The Morgan fingerprint density at radius 3 is 3.00 bits per heavy atom. The Bertz CT molecular complexity index is 830. The number of rotatable bonds is 5. The summed E-state index contributed by atoms with van der Waals surface area (Å²) in [6.07, 6.45) is 5.46. The number of likely N-dealkylation sites (tertiary alicyclic amines) is 1. The maximum atomic E-state index is 12.1. The number of piperidine rings is 1. The number of hydrogen-bond donors (Lipinski definition) is 3. The highest BCUT2D eigenvalue weighted by atomic mass is 16.2. The van der Waals surface area contributed by atoms with Crippen molar-refractivity contribution in [3.63, 3.8) is 0 Å². The second kappa shape index (κ2) is 7.55. The molecule has 1 aliphatic rings. The van der Waals surface area contributed by atoms with Crippen LogP contribution >= 0.6 is 0 Å². The predicted octanol–water partition coefficient (Wildman–Crippen LogP) is 1.54. The number of carbonyl (C=O) groups excluding carboxylic acids is 2. The van der Waals surface area contributed by atoms with E-state index in [1.165, 1.54) is 6.08 Å². The van der Waals surface area contributed by atoms with Gasteiger partial charge in [0, 0.05) is 31.9 Å². The number of hydrogen-bond acceptors (Lipinski definition) is 5. The van der Waals surface area contributed by atoms with Crippen LogP contribution in [-0.2, 0) is 4.79 Å². The number of nitrogens with one attached hydrogen (secondary N) is 3. The Balaban J connectivity index is 1.75. The van der Waals surface area contributed by atoms with E-state index < -0.39 is 0 Å². The number of amides is 2.